The standard InChI is InChI=1S/C12H15N3O2/c1-5-8-6-9(16)15(7-8)11-14-13-10(17-11)12(2,3)4/h1,8H,6-7H2,2-4H3. The van der Waals surface area contributed by atoms with Gasteiger partial charge in [-0.05, 0) is 0 Å². The molecule has 1 aromatic rings. The SMILES string of the molecule is C#CC1CC(=O)N(c2nnc(C(C)(C)C)o2)C1. The Labute approximate surface area is 100 Å². The van der Waals surface area contributed by atoms with Gasteiger partial charge in [-0.25, -0.2) is 0 Å². The molecule has 0 aliphatic carbocycles. The summed E-state index contributed by atoms with van der Waals surface area (Å²) in [5.41, 5.74) is -0.223. The van der Waals surface area contributed by atoms with Crippen molar-refractivity contribution < 1.29 is 9.21 Å². The fourth-order valence-corrected chi connectivity index (χ4v) is 1.63. The molecule has 1 saturated heterocycles. The number of hydrogen-bond donors (Lipinski definition) is 0. The van der Waals surface area contributed by atoms with E-state index in [-0.39, 0.29) is 23.3 Å². The summed E-state index contributed by atoms with van der Waals surface area (Å²) < 4.78 is 5.51. The minimum Gasteiger partial charge on any atom is -0.407 e. The molecule has 2 rings (SSSR count). The molecule has 1 amide bonds. The van der Waals surface area contributed by atoms with Crippen LogP contribution in [0.4, 0.5) is 6.01 Å². The molecule has 2 heterocycles. The largest absolute Gasteiger partial charge is 0.407 e. The average molecular weight is 233 g/mol. The Morgan fingerprint density at radius 1 is 1.47 bits per heavy atom. The van der Waals surface area contributed by atoms with Gasteiger partial charge in [-0.15, -0.1) is 17.4 Å². The van der Waals surface area contributed by atoms with E-state index in [9.17, 15) is 4.79 Å². The van der Waals surface area contributed by atoms with E-state index in [1.54, 1.807) is 0 Å². The number of aromatic nitrogens is 2. The van der Waals surface area contributed by atoms with Gasteiger partial charge in [0, 0.05) is 24.3 Å². The Morgan fingerprint density at radius 2 is 2.18 bits per heavy atom. The molecular weight excluding hydrogens is 218 g/mol. The molecule has 0 N–H and O–H groups in total. The van der Waals surface area contributed by atoms with Crippen molar-refractivity contribution >= 4 is 11.9 Å². The minimum atomic E-state index is -0.223. The van der Waals surface area contributed by atoms with Crippen molar-refractivity contribution in [1.82, 2.24) is 10.2 Å². The van der Waals surface area contributed by atoms with Crippen molar-refractivity contribution in [1.29, 1.82) is 0 Å². The Kier molecular flexibility index (Phi) is 2.66. The summed E-state index contributed by atoms with van der Waals surface area (Å²) in [6.07, 6.45) is 5.67. The van der Waals surface area contributed by atoms with Gasteiger partial charge in [-0.3, -0.25) is 9.69 Å². The van der Waals surface area contributed by atoms with Gasteiger partial charge in [0.25, 0.3) is 0 Å². The Morgan fingerprint density at radius 3 is 2.65 bits per heavy atom. The van der Waals surface area contributed by atoms with Gasteiger partial charge in [0.2, 0.25) is 11.8 Å². The molecule has 90 valence electrons. The number of carbonyl (C=O) groups is 1. The van der Waals surface area contributed by atoms with Crippen LogP contribution in [0.15, 0.2) is 4.42 Å². The summed E-state index contributed by atoms with van der Waals surface area (Å²) in [6.45, 7) is 6.38. The van der Waals surface area contributed by atoms with Crippen LogP contribution in [0.5, 0.6) is 0 Å². The zero-order valence-corrected chi connectivity index (χ0v) is 10.2. The first-order chi connectivity index (χ1) is 7.91. The molecule has 1 atom stereocenters. The van der Waals surface area contributed by atoms with Gasteiger partial charge in [0.05, 0.1) is 0 Å². The summed E-state index contributed by atoms with van der Waals surface area (Å²) >= 11 is 0. The van der Waals surface area contributed by atoms with Crippen LogP contribution in [0.2, 0.25) is 0 Å². The smallest absolute Gasteiger partial charge is 0.325 e. The van der Waals surface area contributed by atoms with Crippen LogP contribution in [0, 0.1) is 18.3 Å². The monoisotopic (exact) mass is 233 g/mol. The molecule has 5 heteroatoms. The fourth-order valence-electron chi connectivity index (χ4n) is 1.63. The first-order valence-corrected chi connectivity index (χ1v) is 5.52. The predicted octanol–water partition coefficient (Wildman–Crippen LogP) is 1.35. The van der Waals surface area contributed by atoms with Crippen molar-refractivity contribution in [2.24, 2.45) is 5.92 Å². The first kappa shape index (κ1) is 11.6. The second kappa shape index (κ2) is 3.88. The molecular formula is C12H15N3O2. The van der Waals surface area contributed by atoms with Crippen LogP contribution in [-0.2, 0) is 10.2 Å². The fraction of sp³-hybridized carbons (Fsp3) is 0.583. The lowest BCUT2D eigenvalue weighted by Crippen LogP contribution is -2.24. The van der Waals surface area contributed by atoms with Gasteiger partial charge in [-0.1, -0.05) is 25.9 Å². The van der Waals surface area contributed by atoms with E-state index in [1.165, 1.54) is 4.90 Å². The second-order valence-corrected chi connectivity index (χ2v) is 5.21. The molecule has 5 nitrogen and oxygen atoms in total. The average Bonchev–Trinajstić information content (AvgIpc) is 2.82. The van der Waals surface area contributed by atoms with E-state index in [0.717, 1.165) is 0 Å². The van der Waals surface area contributed by atoms with Crippen molar-refractivity contribution in [2.75, 3.05) is 11.4 Å². The van der Waals surface area contributed by atoms with Gasteiger partial charge in [0.1, 0.15) is 0 Å². The molecule has 0 aromatic carbocycles. The molecule has 0 spiro atoms. The summed E-state index contributed by atoms with van der Waals surface area (Å²) in [4.78, 5) is 13.2. The molecule has 1 aliphatic heterocycles. The zero-order chi connectivity index (χ0) is 12.6. The summed E-state index contributed by atoms with van der Waals surface area (Å²) in [5, 5.41) is 7.86. The normalized spacial score (nSPS) is 20.7. The number of terminal acetylenes is 1. The van der Waals surface area contributed by atoms with E-state index < -0.39 is 0 Å². The quantitative estimate of drug-likeness (QED) is 0.687. The lowest BCUT2D eigenvalue weighted by Gasteiger charge is -2.12. The minimum absolute atomic E-state index is 0.0583. The molecule has 17 heavy (non-hydrogen) atoms. The van der Waals surface area contributed by atoms with Crippen LogP contribution in [0.25, 0.3) is 0 Å². The van der Waals surface area contributed by atoms with Crippen LogP contribution >= 0.6 is 0 Å². The third kappa shape index (κ3) is 2.16. The van der Waals surface area contributed by atoms with Gasteiger partial charge >= 0.3 is 6.01 Å². The molecule has 1 aromatic heterocycles. The lowest BCUT2D eigenvalue weighted by molar-refractivity contribution is -0.117. The predicted molar refractivity (Wildman–Crippen MR) is 62.3 cm³/mol. The third-order valence-electron chi connectivity index (χ3n) is 2.65. The number of carbonyl (C=O) groups excluding carboxylic acids is 1. The molecule has 0 radical (unpaired) electrons. The first-order valence-electron chi connectivity index (χ1n) is 5.52. The Balaban J connectivity index is 2.22. The molecule has 0 bridgehead atoms. The lowest BCUT2D eigenvalue weighted by atomic mass is 9.97. The molecule has 1 fully saturated rings. The van der Waals surface area contributed by atoms with Crippen LogP contribution in [0.1, 0.15) is 33.1 Å². The highest BCUT2D eigenvalue weighted by atomic mass is 16.4. The third-order valence-corrected chi connectivity index (χ3v) is 2.65. The summed E-state index contributed by atoms with van der Waals surface area (Å²) in [7, 11) is 0. The van der Waals surface area contributed by atoms with E-state index >= 15 is 0 Å². The maximum atomic E-state index is 11.7. The second-order valence-electron chi connectivity index (χ2n) is 5.21. The Bertz CT molecular complexity index is 479. The van der Waals surface area contributed by atoms with Crippen LogP contribution < -0.4 is 4.90 Å². The maximum Gasteiger partial charge on any atom is 0.325 e. The number of nitrogens with zero attached hydrogens (tertiary/aromatic N) is 3. The van der Waals surface area contributed by atoms with Gasteiger partial charge in [-0.2, -0.15) is 0 Å². The topological polar surface area (TPSA) is 59.2 Å². The highest BCUT2D eigenvalue weighted by molar-refractivity contribution is 5.94. The van der Waals surface area contributed by atoms with E-state index in [2.05, 4.69) is 16.1 Å². The number of hydrogen-bond acceptors (Lipinski definition) is 4. The van der Waals surface area contributed by atoms with Crippen molar-refractivity contribution in [3.8, 4) is 12.3 Å². The molecule has 0 saturated carbocycles. The van der Waals surface area contributed by atoms with Crippen molar-refractivity contribution in [2.45, 2.75) is 32.6 Å². The Hall–Kier alpha value is -1.83. The van der Waals surface area contributed by atoms with Crippen LogP contribution in [0.3, 0.4) is 0 Å². The van der Waals surface area contributed by atoms with E-state index in [4.69, 9.17) is 10.8 Å². The van der Waals surface area contributed by atoms with Gasteiger partial charge in [0.15, 0.2) is 0 Å². The van der Waals surface area contributed by atoms with E-state index in [0.29, 0.717) is 18.9 Å². The summed E-state index contributed by atoms with van der Waals surface area (Å²) in [5.74, 6) is 2.98. The van der Waals surface area contributed by atoms with Crippen LogP contribution in [-0.4, -0.2) is 22.6 Å². The number of amides is 1. The number of rotatable bonds is 1. The van der Waals surface area contributed by atoms with Crippen molar-refractivity contribution in [3.05, 3.63) is 5.89 Å². The van der Waals surface area contributed by atoms with E-state index in [1.807, 2.05) is 20.8 Å². The molecule has 1 aliphatic rings. The van der Waals surface area contributed by atoms with Crippen molar-refractivity contribution in [3.63, 3.8) is 0 Å². The number of anilines is 1. The molecule has 1 unspecified atom stereocenters. The summed E-state index contributed by atoms with van der Waals surface area (Å²) in [6, 6.07) is 0.248. The van der Waals surface area contributed by atoms with Gasteiger partial charge < -0.3 is 4.42 Å². The zero-order valence-electron chi connectivity index (χ0n) is 10.2. The highest BCUT2D eigenvalue weighted by Crippen LogP contribution is 2.27. The highest BCUT2D eigenvalue weighted by Gasteiger charge is 2.33. The maximum absolute atomic E-state index is 11.7.